The minimum absolute atomic E-state index is 0.120. The zero-order valence-electron chi connectivity index (χ0n) is 19.4. The summed E-state index contributed by atoms with van der Waals surface area (Å²) in [5.74, 6) is 0.858. The first-order valence-corrected chi connectivity index (χ1v) is 11.3. The van der Waals surface area contributed by atoms with Gasteiger partial charge in [-0.2, -0.15) is 0 Å². The highest BCUT2D eigenvalue weighted by Crippen LogP contribution is 2.35. The molecule has 1 radical (unpaired) electrons. The second kappa shape index (κ2) is 10.2. The van der Waals surface area contributed by atoms with E-state index in [0.29, 0.717) is 29.3 Å². The highest BCUT2D eigenvalue weighted by atomic mass is 19.1. The zero-order chi connectivity index (χ0) is 23.3. The van der Waals surface area contributed by atoms with Gasteiger partial charge in [-0.1, -0.05) is 63.2 Å². The maximum Gasteiger partial charge on any atom is 0.231 e. The molecule has 4 aromatic rings. The fraction of sp³-hybridized carbons (Fsp3) is 0.286. The van der Waals surface area contributed by atoms with Crippen LogP contribution in [-0.4, -0.2) is 11.5 Å². The van der Waals surface area contributed by atoms with E-state index in [2.05, 4.69) is 37.5 Å². The van der Waals surface area contributed by atoms with Crippen LogP contribution in [0.2, 0.25) is 0 Å². The molecule has 0 unspecified atom stereocenters. The molecule has 33 heavy (non-hydrogen) atoms. The van der Waals surface area contributed by atoms with Gasteiger partial charge in [0.2, 0.25) is 5.89 Å². The Bertz CT molecular complexity index is 1180. The molecule has 1 N–H and O–H groups in total. The van der Waals surface area contributed by atoms with Crippen LogP contribution in [0.3, 0.4) is 0 Å². The third kappa shape index (κ3) is 5.99. The number of nitrogens with one attached hydrogen (secondary N) is 1. The lowest BCUT2D eigenvalue weighted by atomic mass is 9.91. The van der Waals surface area contributed by atoms with Crippen LogP contribution in [-0.2, 0) is 13.2 Å². The van der Waals surface area contributed by atoms with Gasteiger partial charge in [0.05, 0.1) is 5.56 Å². The molecule has 4 rings (SSSR count). The Balaban J connectivity index is 1.59. The van der Waals surface area contributed by atoms with E-state index in [4.69, 9.17) is 9.15 Å². The largest absolute Gasteiger partial charge is 0.488 e. The molecule has 0 atom stereocenters. The van der Waals surface area contributed by atoms with E-state index in [-0.39, 0.29) is 17.8 Å². The van der Waals surface area contributed by atoms with E-state index < -0.39 is 0 Å². The Labute approximate surface area is 194 Å². The Kier molecular flexibility index (Phi) is 7.09. The average molecular weight is 446 g/mol. The molecule has 0 aliphatic heterocycles. The van der Waals surface area contributed by atoms with E-state index in [1.54, 1.807) is 12.1 Å². The predicted octanol–water partition coefficient (Wildman–Crippen LogP) is 6.94. The number of ether oxygens (including phenoxy) is 1. The molecule has 1 heterocycles. The monoisotopic (exact) mass is 445 g/mol. The average Bonchev–Trinajstić information content (AvgIpc) is 3.22. The van der Waals surface area contributed by atoms with Gasteiger partial charge in [-0.05, 0) is 49.1 Å². The Morgan fingerprint density at radius 2 is 1.73 bits per heavy atom. The molecular weight excluding hydrogens is 415 g/mol. The third-order valence-electron chi connectivity index (χ3n) is 5.34. The maximum absolute atomic E-state index is 14.2. The normalized spacial score (nSPS) is 11.8. The highest BCUT2D eigenvalue weighted by Gasteiger charge is 2.18. The minimum Gasteiger partial charge on any atom is -0.488 e. The first-order chi connectivity index (χ1) is 15.9. The van der Waals surface area contributed by atoms with Crippen molar-refractivity contribution in [1.29, 1.82) is 0 Å². The van der Waals surface area contributed by atoms with Crippen molar-refractivity contribution in [3.63, 3.8) is 0 Å². The molecule has 1 aromatic heterocycles. The molecule has 4 nitrogen and oxygen atoms in total. The van der Waals surface area contributed by atoms with Gasteiger partial charge < -0.3 is 14.5 Å². The zero-order valence-corrected chi connectivity index (χ0v) is 19.4. The van der Waals surface area contributed by atoms with Crippen LogP contribution in [0.15, 0.2) is 71.1 Å². The van der Waals surface area contributed by atoms with E-state index in [1.807, 2.05) is 48.5 Å². The quantitative estimate of drug-likeness (QED) is 0.283. The summed E-state index contributed by atoms with van der Waals surface area (Å²) in [5, 5.41) is 3.49. The molecule has 0 saturated carbocycles. The summed E-state index contributed by atoms with van der Waals surface area (Å²) in [6.07, 6.45) is 3.28. The Hall–Kier alpha value is -3.18. The number of hydrogen-bond acceptors (Lipinski definition) is 4. The SMILES string of the molecule is CC(C)(C)[CH]CCNCc1cccc(-c2nc3ccccc3o2)c1OCc1ccccc1F. The molecule has 0 fully saturated rings. The number of rotatable bonds is 9. The minimum atomic E-state index is -0.283. The standard InChI is InChI=1S/C28H30FN2O2/c1-28(2,3)16-9-17-30-18-20-11-8-12-22(27-31-24-14-6-7-15-25(24)33-27)26(20)32-19-21-10-4-5-13-23(21)29/h4-8,10-16,30H,9,17-19H2,1-3H3. The van der Waals surface area contributed by atoms with Crippen molar-refractivity contribution < 1.29 is 13.5 Å². The fourth-order valence-corrected chi connectivity index (χ4v) is 3.65. The van der Waals surface area contributed by atoms with Gasteiger partial charge in [-0.25, -0.2) is 9.37 Å². The second-order valence-corrected chi connectivity index (χ2v) is 9.20. The number of para-hydroxylation sites is 3. The van der Waals surface area contributed by atoms with Gasteiger partial charge in [0.15, 0.2) is 5.58 Å². The summed E-state index contributed by atoms with van der Waals surface area (Å²) in [6, 6.07) is 20.2. The van der Waals surface area contributed by atoms with Crippen LogP contribution >= 0.6 is 0 Å². The van der Waals surface area contributed by atoms with Crippen molar-refractivity contribution in [2.24, 2.45) is 5.41 Å². The van der Waals surface area contributed by atoms with E-state index in [1.165, 1.54) is 6.07 Å². The van der Waals surface area contributed by atoms with Crippen LogP contribution in [0.5, 0.6) is 5.75 Å². The number of aromatic nitrogens is 1. The summed E-state index contributed by atoms with van der Waals surface area (Å²) in [4.78, 5) is 4.65. The summed E-state index contributed by atoms with van der Waals surface area (Å²) >= 11 is 0. The van der Waals surface area contributed by atoms with E-state index in [0.717, 1.165) is 29.6 Å². The maximum atomic E-state index is 14.2. The van der Waals surface area contributed by atoms with Crippen LogP contribution in [0.4, 0.5) is 4.39 Å². The van der Waals surface area contributed by atoms with Crippen molar-refractivity contribution in [3.8, 4) is 17.2 Å². The Morgan fingerprint density at radius 3 is 2.52 bits per heavy atom. The molecule has 0 spiro atoms. The van der Waals surface area contributed by atoms with Crippen molar-refractivity contribution in [3.05, 3.63) is 90.1 Å². The third-order valence-corrected chi connectivity index (χ3v) is 5.34. The number of fused-ring (bicyclic) bond motifs is 1. The first-order valence-electron chi connectivity index (χ1n) is 11.3. The van der Waals surface area contributed by atoms with Crippen LogP contribution < -0.4 is 10.1 Å². The molecule has 0 amide bonds. The molecule has 0 aliphatic carbocycles. The summed E-state index contributed by atoms with van der Waals surface area (Å²) in [7, 11) is 0. The van der Waals surface area contributed by atoms with Gasteiger partial charge in [0.25, 0.3) is 0 Å². The molecule has 0 aliphatic rings. The summed E-state index contributed by atoms with van der Waals surface area (Å²) < 4.78 is 26.4. The van der Waals surface area contributed by atoms with Gasteiger partial charge >= 0.3 is 0 Å². The lowest BCUT2D eigenvalue weighted by molar-refractivity contribution is 0.296. The smallest absolute Gasteiger partial charge is 0.231 e. The van der Waals surface area contributed by atoms with Crippen molar-refractivity contribution in [2.45, 2.75) is 40.3 Å². The molecule has 3 aromatic carbocycles. The first kappa shape index (κ1) is 23.0. The fourth-order valence-electron chi connectivity index (χ4n) is 3.65. The Morgan fingerprint density at radius 1 is 0.970 bits per heavy atom. The number of hydrogen-bond donors (Lipinski definition) is 1. The number of halogens is 1. The molecule has 5 heteroatoms. The lowest BCUT2D eigenvalue weighted by Crippen LogP contribution is -2.18. The van der Waals surface area contributed by atoms with Crippen LogP contribution in [0.1, 0.15) is 38.3 Å². The molecule has 0 bridgehead atoms. The molecule has 0 saturated heterocycles. The molecular formula is C28H30FN2O2. The number of benzene rings is 3. The predicted molar refractivity (Wildman–Crippen MR) is 130 cm³/mol. The van der Waals surface area contributed by atoms with Crippen molar-refractivity contribution >= 4 is 11.1 Å². The highest BCUT2D eigenvalue weighted by molar-refractivity contribution is 5.77. The van der Waals surface area contributed by atoms with Gasteiger partial charge in [-0.15, -0.1) is 0 Å². The van der Waals surface area contributed by atoms with Gasteiger partial charge in [0, 0.05) is 17.7 Å². The number of oxazole rings is 1. The summed E-state index contributed by atoms with van der Waals surface area (Å²) in [6.45, 7) is 8.20. The van der Waals surface area contributed by atoms with Crippen LogP contribution in [0, 0.1) is 17.7 Å². The van der Waals surface area contributed by atoms with Crippen molar-refractivity contribution in [1.82, 2.24) is 10.3 Å². The van der Waals surface area contributed by atoms with E-state index >= 15 is 0 Å². The number of nitrogens with zero attached hydrogens (tertiary/aromatic N) is 1. The second-order valence-electron chi connectivity index (χ2n) is 9.20. The molecule has 171 valence electrons. The van der Waals surface area contributed by atoms with E-state index in [9.17, 15) is 4.39 Å². The topological polar surface area (TPSA) is 47.3 Å². The summed E-state index contributed by atoms with van der Waals surface area (Å²) in [5.41, 5.74) is 3.93. The lowest BCUT2D eigenvalue weighted by Gasteiger charge is -2.18. The van der Waals surface area contributed by atoms with Crippen LogP contribution in [0.25, 0.3) is 22.6 Å². The van der Waals surface area contributed by atoms with Gasteiger partial charge in [0.1, 0.15) is 23.7 Å². The van der Waals surface area contributed by atoms with Gasteiger partial charge in [-0.3, -0.25) is 0 Å². The van der Waals surface area contributed by atoms with Crippen molar-refractivity contribution in [2.75, 3.05) is 6.54 Å².